The van der Waals surface area contributed by atoms with Crippen LogP contribution in [0.2, 0.25) is 0 Å². The number of aromatic nitrogens is 3. The minimum atomic E-state index is 0.878. The van der Waals surface area contributed by atoms with E-state index in [1.807, 2.05) is 13.8 Å². The van der Waals surface area contributed by atoms with E-state index in [0.717, 1.165) is 33.3 Å². The molecule has 14 rings (SSSR count). The third kappa shape index (κ3) is 5.71. The van der Waals surface area contributed by atoms with Gasteiger partial charge in [0.15, 0.2) is 0 Å². The van der Waals surface area contributed by atoms with Crippen molar-refractivity contribution in [3.05, 3.63) is 224 Å². The van der Waals surface area contributed by atoms with Crippen LogP contribution in [-0.2, 0) is 0 Å². The Labute approximate surface area is 381 Å². The summed E-state index contributed by atoms with van der Waals surface area (Å²) < 4.78 is 13.6. The van der Waals surface area contributed by atoms with Gasteiger partial charge >= 0.3 is 0 Å². The van der Waals surface area contributed by atoms with Crippen LogP contribution in [0.25, 0.3) is 127 Å². The first-order valence-corrected chi connectivity index (χ1v) is 22.9. The molecule has 0 radical (unpaired) electrons. The molecule has 0 unspecified atom stereocenters. The Balaban J connectivity index is 0.00000215. The molecule has 4 nitrogen and oxygen atoms in total. The zero-order valence-electron chi connectivity index (χ0n) is 36.6. The zero-order chi connectivity index (χ0) is 43.9. The molecule has 0 atom stereocenters. The second-order valence-corrected chi connectivity index (χ2v) is 16.9. The monoisotopic (exact) mass is 845 g/mol. The molecule has 0 spiro atoms. The normalized spacial score (nSPS) is 11.8. The molecular formula is C62H43N3O. The molecule has 0 aliphatic carbocycles. The van der Waals surface area contributed by atoms with Crippen LogP contribution in [-0.4, -0.2) is 13.7 Å². The molecule has 0 saturated heterocycles. The minimum absolute atomic E-state index is 0.878. The third-order valence-corrected chi connectivity index (χ3v) is 13.4. The summed E-state index contributed by atoms with van der Waals surface area (Å²) in [5.74, 6) is 0. The Morgan fingerprint density at radius 2 is 0.576 bits per heavy atom. The lowest BCUT2D eigenvalue weighted by Crippen LogP contribution is -1.94. The van der Waals surface area contributed by atoms with Gasteiger partial charge in [-0.3, -0.25) is 0 Å². The highest BCUT2D eigenvalue weighted by molar-refractivity contribution is 6.14. The van der Waals surface area contributed by atoms with E-state index in [4.69, 9.17) is 4.42 Å². The van der Waals surface area contributed by atoms with Crippen molar-refractivity contribution in [2.75, 3.05) is 0 Å². The molecule has 66 heavy (non-hydrogen) atoms. The fraction of sp³-hybridized carbons (Fsp3) is 0.0323. The van der Waals surface area contributed by atoms with Crippen LogP contribution in [0.4, 0.5) is 0 Å². The van der Waals surface area contributed by atoms with Crippen molar-refractivity contribution in [2.45, 2.75) is 13.8 Å². The topological polar surface area (TPSA) is 27.9 Å². The SMILES string of the molecule is CC.c1ccc(-n2c3ccccc3c3cc(-c4ccc(-c5ccc6c(c5)c5ccccc5n6-c5ccc6oc7ccc(-n8c9ccccc9c9ccccc98)cc7c6c5)cc4)ccc32)cc1. The van der Waals surface area contributed by atoms with Crippen LogP contribution in [0.1, 0.15) is 13.8 Å². The van der Waals surface area contributed by atoms with Crippen LogP contribution < -0.4 is 0 Å². The van der Waals surface area contributed by atoms with E-state index in [9.17, 15) is 0 Å². The standard InChI is InChI=1S/C60H37N3O.C2H6/c1-2-12-42(13-3-1)61-55-20-10-6-16-47(55)49-34-40(26-30-57(49)61)38-22-24-39(25-23-38)41-27-31-58-50(35-41)48-17-7-11-21-56(48)63(58)44-29-33-60-52(37-44)51-36-43(28-32-59(51)64-60)62-53-18-8-4-14-45(53)46-15-5-9-19-54(46)62;1-2/h1-37H;1-2H3. The van der Waals surface area contributed by atoms with E-state index in [2.05, 4.69) is 238 Å². The maximum Gasteiger partial charge on any atom is 0.135 e. The van der Waals surface area contributed by atoms with Gasteiger partial charge in [0.1, 0.15) is 11.2 Å². The number of furan rings is 1. The van der Waals surface area contributed by atoms with Gasteiger partial charge in [0.25, 0.3) is 0 Å². The number of benzene rings is 10. The summed E-state index contributed by atoms with van der Waals surface area (Å²) in [5, 5.41) is 9.67. The summed E-state index contributed by atoms with van der Waals surface area (Å²) in [6.45, 7) is 4.00. The predicted molar refractivity (Wildman–Crippen MR) is 279 cm³/mol. The molecule has 0 N–H and O–H groups in total. The van der Waals surface area contributed by atoms with Gasteiger partial charge in [0, 0.05) is 60.2 Å². The third-order valence-electron chi connectivity index (χ3n) is 13.4. The van der Waals surface area contributed by atoms with Gasteiger partial charge in [0.05, 0.1) is 33.1 Å². The van der Waals surface area contributed by atoms with Crippen LogP contribution in [0, 0.1) is 0 Å². The molecule has 0 bridgehead atoms. The van der Waals surface area contributed by atoms with Crippen LogP contribution in [0.3, 0.4) is 0 Å². The van der Waals surface area contributed by atoms with E-state index < -0.39 is 0 Å². The molecule has 0 fully saturated rings. The summed E-state index contributed by atoms with van der Waals surface area (Å²) in [4.78, 5) is 0. The van der Waals surface area contributed by atoms with Crippen LogP contribution in [0.15, 0.2) is 229 Å². The number of nitrogens with zero attached hydrogens (tertiary/aromatic N) is 3. The van der Waals surface area contributed by atoms with Gasteiger partial charge in [-0.25, -0.2) is 0 Å². The average Bonchev–Trinajstić information content (AvgIpc) is 4.13. The lowest BCUT2D eigenvalue weighted by atomic mass is 9.98. The molecule has 0 saturated carbocycles. The Bertz CT molecular complexity index is 4130. The largest absolute Gasteiger partial charge is 0.456 e. The molecule has 4 heterocycles. The molecule has 14 aromatic rings. The van der Waals surface area contributed by atoms with Gasteiger partial charge in [-0.1, -0.05) is 141 Å². The highest BCUT2D eigenvalue weighted by Crippen LogP contribution is 2.40. The van der Waals surface area contributed by atoms with Crippen molar-refractivity contribution in [2.24, 2.45) is 0 Å². The first-order valence-electron chi connectivity index (χ1n) is 22.9. The van der Waals surface area contributed by atoms with Crippen molar-refractivity contribution < 1.29 is 4.42 Å². The van der Waals surface area contributed by atoms with Crippen molar-refractivity contribution in [1.29, 1.82) is 0 Å². The van der Waals surface area contributed by atoms with Crippen LogP contribution >= 0.6 is 0 Å². The molecule has 4 heteroatoms. The fourth-order valence-electron chi connectivity index (χ4n) is 10.5. The number of hydrogen-bond acceptors (Lipinski definition) is 1. The van der Waals surface area contributed by atoms with Crippen molar-refractivity contribution >= 4 is 87.4 Å². The number of hydrogen-bond donors (Lipinski definition) is 0. The molecule has 4 aromatic heterocycles. The zero-order valence-corrected chi connectivity index (χ0v) is 36.6. The van der Waals surface area contributed by atoms with Crippen molar-refractivity contribution in [3.63, 3.8) is 0 Å². The fourth-order valence-corrected chi connectivity index (χ4v) is 10.5. The van der Waals surface area contributed by atoms with Gasteiger partial charge in [0.2, 0.25) is 0 Å². The van der Waals surface area contributed by atoms with E-state index in [1.54, 1.807) is 0 Å². The Hall–Kier alpha value is -8.60. The molecule has 0 amide bonds. The summed E-state index contributed by atoms with van der Waals surface area (Å²) in [6, 6.07) is 81.5. The molecule has 10 aromatic carbocycles. The van der Waals surface area contributed by atoms with Gasteiger partial charge in [-0.15, -0.1) is 0 Å². The van der Waals surface area contributed by atoms with E-state index in [0.29, 0.717) is 0 Å². The highest BCUT2D eigenvalue weighted by Gasteiger charge is 2.18. The number of fused-ring (bicyclic) bond motifs is 12. The van der Waals surface area contributed by atoms with E-state index in [-0.39, 0.29) is 0 Å². The quantitative estimate of drug-likeness (QED) is 0.170. The van der Waals surface area contributed by atoms with E-state index in [1.165, 1.54) is 93.4 Å². The second kappa shape index (κ2) is 15.0. The Morgan fingerprint density at radius 1 is 0.242 bits per heavy atom. The lowest BCUT2D eigenvalue weighted by molar-refractivity contribution is 0.669. The van der Waals surface area contributed by atoms with Crippen molar-refractivity contribution in [3.8, 4) is 39.3 Å². The minimum Gasteiger partial charge on any atom is -0.456 e. The second-order valence-electron chi connectivity index (χ2n) is 16.9. The summed E-state index contributed by atoms with van der Waals surface area (Å²) in [6.07, 6.45) is 0. The Kier molecular flexibility index (Phi) is 8.62. The van der Waals surface area contributed by atoms with Crippen molar-refractivity contribution in [1.82, 2.24) is 13.7 Å². The first kappa shape index (κ1) is 37.9. The molecular weight excluding hydrogens is 803 g/mol. The van der Waals surface area contributed by atoms with E-state index >= 15 is 0 Å². The number of rotatable bonds is 5. The van der Waals surface area contributed by atoms with Gasteiger partial charge in [-0.2, -0.15) is 0 Å². The lowest BCUT2D eigenvalue weighted by Gasteiger charge is -2.10. The average molecular weight is 846 g/mol. The first-order chi connectivity index (χ1) is 32.7. The number of para-hydroxylation sites is 5. The molecule has 312 valence electrons. The highest BCUT2D eigenvalue weighted by atomic mass is 16.3. The predicted octanol–water partition coefficient (Wildman–Crippen LogP) is 17.2. The summed E-state index contributed by atoms with van der Waals surface area (Å²) in [7, 11) is 0. The maximum atomic E-state index is 6.48. The molecule has 0 aliphatic heterocycles. The van der Waals surface area contributed by atoms with Gasteiger partial charge in [-0.05, 0) is 119 Å². The van der Waals surface area contributed by atoms with Gasteiger partial charge < -0.3 is 18.1 Å². The maximum absolute atomic E-state index is 6.48. The Morgan fingerprint density at radius 3 is 1.00 bits per heavy atom. The summed E-state index contributed by atoms with van der Waals surface area (Å²) in [5.41, 5.74) is 17.1. The molecule has 0 aliphatic rings. The van der Waals surface area contributed by atoms with Crippen LogP contribution in [0.5, 0.6) is 0 Å². The summed E-state index contributed by atoms with van der Waals surface area (Å²) >= 11 is 0. The smallest absolute Gasteiger partial charge is 0.135 e.